The number of rotatable bonds is 7. The van der Waals surface area contributed by atoms with E-state index >= 15 is 0 Å². The van der Waals surface area contributed by atoms with E-state index < -0.39 is 8.63 Å². The van der Waals surface area contributed by atoms with Gasteiger partial charge in [-0.3, -0.25) is 0 Å². The standard InChI is InChI=1S/C8H16Br3O2PS/c1-2-3-4-5-6-14(12,15)13-7-8(9,10)11/h2-7H2,1H3,(H,12,15). The molecule has 0 heterocycles. The van der Waals surface area contributed by atoms with Crippen LogP contribution in [0.1, 0.15) is 32.6 Å². The first kappa shape index (κ1) is 17.0. The summed E-state index contributed by atoms with van der Waals surface area (Å²) in [5.41, 5.74) is 0. The normalized spacial score (nSPS) is 16.3. The molecule has 0 rings (SSSR count). The second kappa shape index (κ2) is 8.17. The Bertz CT molecular complexity index is 220. The molecule has 92 valence electrons. The zero-order chi connectivity index (χ0) is 11.9. The van der Waals surface area contributed by atoms with E-state index in [9.17, 15) is 4.89 Å². The van der Waals surface area contributed by atoms with Crippen LogP contribution in [-0.4, -0.2) is 19.8 Å². The van der Waals surface area contributed by atoms with Crippen LogP contribution in [0, 0.1) is 0 Å². The molecule has 2 nitrogen and oxygen atoms in total. The number of halogens is 3. The highest BCUT2D eigenvalue weighted by atomic mass is 80.0. The van der Waals surface area contributed by atoms with Crippen molar-refractivity contribution in [3.63, 3.8) is 0 Å². The Balaban J connectivity index is 3.73. The monoisotopic (exact) mass is 444 g/mol. The molecule has 0 saturated heterocycles. The summed E-state index contributed by atoms with van der Waals surface area (Å²) in [5.74, 6) is 0. The van der Waals surface area contributed by atoms with Gasteiger partial charge in [0, 0.05) is 6.16 Å². The van der Waals surface area contributed by atoms with Crippen LogP contribution in [0.15, 0.2) is 0 Å². The van der Waals surface area contributed by atoms with E-state index in [1.54, 1.807) is 0 Å². The topological polar surface area (TPSA) is 29.5 Å². The molecule has 0 amide bonds. The minimum Gasteiger partial charge on any atom is -0.345 e. The third-order valence-electron chi connectivity index (χ3n) is 1.72. The maximum absolute atomic E-state index is 9.82. The quantitative estimate of drug-likeness (QED) is 0.348. The molecule has 15 heavy (non-hydrogen) atoms. The van der Waals surface area contributed by atoms with Crippen LogP contribution in [-0.2, 0) is 16.3 Å². The smallest absolute Gasteiger partial charge is 0.186 e. The predicted octanol–water partition coefficient (Wildman–Crippen LogP) is 4.72. The second-order valence-corrected chi connectivity index (χ2v) is 14.3. The second-order valence-electron chi connectivity index (χ2n) is 3.31. The van der Waals surface area contributed by atoms with Crippen molar-refractivity contribution in [2.24, 2.45) is 0 Å². The van der Waals surface area contributed by atoms with Crippen LogP contribution in [0.25, 0.3) is 0 Å². The Kier molecular flexibility index (Phi) is 9.27. The number of hydrogen-bond acceptors (Lipinski definition) is 2. The molecule has 0 bridgehead atoms. The largest absolute Gasteiger partial charge is 0.345 e. The van der Waals surface area contributed by atoms with Gasteiger partial charge in [-0.15, -0.1) is 0 Å². The van der Waals surface area contributed by atoms with Gasteiger partial charge in [0.25, 0.3) is 0 Å². The Morgan fingerprint density at radius 3 is 2.33 bits per heavy atom. The lowest BCUT2D eigenvalue weighted by atomic mass is 10.2. The van der Waals surface area contributed by atoms with E-state index in [1.165, 1.54) is 12.8 Å². The Morgan fingerprint density at radius 2 is 1.87 bits per heavy atom. The van der Waals surface area contributed by atoms with E-state index in [1.807, 2.05) is 0 Å². The first-order valence-electron chi connectivity index (χ1n) is 4.80. The van der Waals surface area contributed by atoms with Crippen molar-refractivity contribution in [1.29, 1.82) is 0 Å². The summed E-state index contributed by atoms with van der Waals surface area (Å²) < 4.78 is 4.83. The maximum atomic E-state index is 9.82. The highest BCUT2D eigenvalue weighted by molar-refractivity contribution is 9.39. The molecule has 0 radical (unpaired) electrons. The molecule has 0 aromatic rings. The van der Waals surface area contributed by atoms with Gasteiger partial charge in [-0.1, -0.05) is 74.0 Å². The zero-order valence-corrected chi connectivity index (χ0v) is 15.1. The molecule has 0 aromatic carbocycles. The first-order valence-corrected chi connectivity index (χ1v) is 10.0. The molecule has 0 aromatic heterocycles. The van der Waals surface area contributed by atoms with Gasteiger partial charge in [0.05, 0.1) is 6.61 Å². The summed E-state index contributed by atoms with van der Waals surface area (Å²) in [6, 6.07) is 0. The van der Waals surface area contributed by atoms with Crippen LogP contribution in [0.5, 0.6) is 0 Å². The van der Waals surface area contributed by atoms with E-state index in [-0.39, 0.29) is 0 Å². The fraction of sp³-hybridized carbons (Fsp3) is 1.00. The number of unbranched alkanes of at least 4 members (excludes halogenated alkanes) is 3. The molecule has 0 fully saturated rings. The lowest BCUT2D eigenvalue weighted by Gasteiger charge is -2.19. The van der Waals surface area contributed by atoms with Crippen molar-refractivity contribution in [3.05, 3.63) is 0 Å². The van der Waals surface area contributed by atoms with Crippen molar-refractivity contribution in [1.82, 2.24) is 0 Å². The third-order valence-corrected chi connectivity index (χ3v) is 4.69. The molecular formula is C8H16Br3O2PS. The summed E-state index contributed by atoms with van der Waals surface area (Å²) in [4.78, 5) is 9.82. The van der Waals surface area contributed by atoms with Crippen LogP contribution in [0.2, 0.25) is 0 Å². The van der Waals surface area contributed by atoms with E-state index in [2.05, 4.69) is 54.7 Å². The van der Waals surface area contributed by atoms with Crippen molar-refractivity contribution < 1.29 is 9.42 Å². The van der Waals surface area contributed by atoms with Crippen molar-refractivity contribution in [3.8, 4) is 0 Å². The van der Waals surface area contributed by atoms with E-state index in [4.69, 9.17) is 16.3 Å². The maximum Gasteiger partial charge on any atom is 0.186 e. The van der Waals surface area contributed by atoms with Gasteiger partial charge in [-0.05, 0) is 18.2 Å². The minimum atomic E-state index is -2.59. The highest BCUT2D eigenvalue weighted by Crippen LogP contribution is 2.46. The third kappa shape index (κ3) is 12.3. The first-order chi connectivity index (χ1) is 6.77. The molecule has 0 aliphatic rings. The van der Waals surface area contributed by atoms with Gasteiger partial charge in [0.2, 0.25) is 0 Å². The molecule has 1 atom stereocenters. The molecule has 1 N–H and O–H groups in total. The van der Waals surface area contributed by atoms with Gasteiger partial charge >= 0.3 is 0 Å². The van der Waals surface area contributed by atoms with Gasteiger partial charge in [0.1, 0.15) is 0 Å². The van der Waals surface area contributed by atoms with Crippen LogP contribution in [0.3, 0.4) is 0 Å². The lowest BCUT2D eigenvalue weighted by Crippen LogP contribution is -2.10. The average molecular weight is 447 g/mol. The van der Waals surface area contributed by atoms with Gasteiger partial charge in [-0.2, -0.15) is 0 Å². The van der Waals surface area contributed by atoms with E-state index in [0.29, 0.717) is 12.8 Å². The van der Waals surface area contributed by atoms with Crippen LogP contribution < -0.4 is 0 Å². The molecular weight excluding hydrogens is 431 g/mol. The summed E-state index contributed by atoms with van der Waals surface area (Å²) in [6.45, 7) is -0.133. The van der Waals surface area contributed by atoms with Gasteiger partial charge < -0.3 is 9.42 Å². The summed E-state index contributed by atoms with van der Waals surface area (Å²) in [7, 11) is 0. The summed E-state index contributed by atoms with van der Waals surface area (Å²) >= 11 is 14.9. The predicted molar refractivity (Wildman–Crippen MR) is 81.0 cm³/mol. The molecule has 1 unspecified atom stereocenters. The Hall–Kier alpha value is 2.01. The highest BCUT2D eigenvalue weighted by Gasteiger charge is 2.22. The Labute approximate surface area is 122 Å². The summed E-state index contributed by atoms with van der Waals surface area (Å²) in [6.07, 6.45) is 5.03. The number of hydrogen-bond donors (Lipinski definition) is 1. The minimum absolute atomic E-state index is 0.300. The summed E-state index contributed by atoms with van der Waals surface area (Å²) in [5, 5.41) is 0. The van der Waals surface area contributed by atoms with Gasteiger partial charge in [0.15, 0.2) is 8.63 Å². The fourth-order valence-corrected chi connectivity index (χ4v) is 3.54. The molecule has 0 aliphatic carbocycles. The zero-order valence-electron chi connectivity index (χ0n) is 8.59. The van der Waals surface area contributed by atoms with Crippen molar-refractivity contribution in [2.45, 2.75) is 34.7 Å². The fourth-order valence-electron chi connectivity index (χ4n) is 0.977. The SMILES string of the molecule is CCCCCCP(O)(=S)OCC(Br)(Br)Br. The average Bonchev–Trinajstić information content (AvgIpc) is 2.09. The van der Waals surface area contributed by atoms with Gasteiger partial charge in [-0.25, -0.2) is 0 Å². The van der Waals surface area contributed by atoms with Crippen molar-refractivity contribution >= 4 is 66.1 Å². The Morgan fingerprint density at radius 1 is 1.27 bits per heavy atom. The molecule has 0 saturated carbocycles. The lowest BCUT2D eigenvalue weighted by molar-refractivity contribution is 0.321. The van der Waals surface area contributed by atoms with Crippen molar-refractivity contribution in [2.75, 3.05) is 12.8 Å². The van der Waals surface area contributed by atoms with Crippen LogP contribution in [0.4, 0.5) is 0 Å². The van der Waals surface area contributed by atoms with E-state index in [0.717, 1.165) is 12.8 Å². The molecule has 0 spiro atoms. The molecule has 0 aliphatic heterocycles. The number of alkyl halides is 3. The van der Waals surface area contributed by atoms with Crippen LogP contribution >= 0.6 is 54.3 Å². The molecule has 7 heteroatoms.